The zero-order valence-electron chi connectivity index (χ0n) is 24.6. The number of fused-ring (bicyclic) bond motifs is 3. The first kappa shape index (κ1) is 30.7. The zero-order valence-corrected chi connectivity index (χ0v) is 24.6. The average molecular weight is 574 g/mol. The van der Waals surface area contributed by atoms with Crippen molar-refractivity contribution in [2.45, 2.75) is 77.6 Å². The van der Waals surface area contributed by atoms with Gasteiger partial charge in [-0.15, -0.1) is 0 Å². The van der Waals surface area contributed by atoms with Crippen LogP contribution in [0.5, 0.6) is 5.75 Å². The highest BCUT2D eigenvalue weighted by atomic mass is 19.1. The number of phenolic OH excluding ortho intramolecular Hbond substituents is 1. The van der Waals surface area contributed by atoms with Gasteiger partial charge in [-0.1, -0.05) is 20.8 Å². The van der Waals surface area contributed by atoms with E-state index < -0.39 is 69.6 Å². The van der Waals surface area contributed by atoms with Gasteiger partial charge in [0.25, 0.3) is 5.91 Å². The predicted molar refractivity (Wildman–Crippen MR) is 149 cm³/mol. The van der Waals surface area contributed by atoms with E-state index in [2.05, 4.69) is 26.1 Å². The van der Waals surface area contributed by atoms with E-state index in [0.29, 0.717) is 0 Å². The highest BCUT2D eigenvalue weighted by Gasteiger charge is 2.64. The molecule has 0 spiro atoms. The number of nitrogens with two attached hydrogens (primary N) is 1. The van der Waals surface area contributed by atoms with Crippen molar-refractivity contribution in [2.24, 2.45) is 23.0 Å². The summed E-state index contributed by atoms with van der Waals surface area (Å²) in [6.45, 7) is 10.4. The number of hydrogen-bond donors (Lipinski definition) is 6. The van der Waals surface area contributed by atoms with Crippen molar-refractivity contribution in [3.63, 3.8) is 0 Å². The fourth-order valence-corrected chi connectivity index (χ4v) is 7.20. The molecule has 0 radical (unpaired) electrons. The molecule has 0 saturated heterocycles. The molecule has 0 heterocycles. The van der Waals surface area contributed by atoms with E-state index >= 15 is 4.39 Å². The second-order valence-corrected chi connectivity index (χ2v) is 13.7. The van der Waals surface area contributed by atoms with Crippen molar-refractivity contribution >= 4 is 23.2 Å². The molecule has 10 nitrogen and oxygen atoms in total. The van der Waals surface area contributed by atoms with E-state index in [9.17, 15) is 34.8 Å². The van der Waals surface area contributed by atoms with Crippen molar-refractivity contribution in [2.75, 3.05) is 14.1 Å². The van der Waals surface area contributed by atoms with Crippen LogP contribution in [0.1, 0.15) is 64.2 Å². The molecule has 1 saturated carbocycles. The van der Waals surface area contributed by atoms with Gasteiger partial charge in [0.2, 0.25) is 5.78 Å². The molecule has 11 heteroatoms. The molecule has 0 unspecified atom stereocenters. The summed E-state index contributed by atoms with van der Waals surface area (Å²) in [6, 6.07) is -0.00790. The molecule has 7 N–H and O–H groups in total. The molecule has 1 amide bonds. The number of halogens is 1. The molecule has 0 aliphatic heterocycles. The summed E-state index contributed by atoms with van der Waals surface area (Å²) < 4.78 is 16.0. The molecule has 1 aromatic rings. The number of hydrogen-bond acceptors (Lipinski definition) is 9. The minimum Gasteiger partial charge on any atom is -0.508 e. The topological polar surface area (TPSA) is 173 Å². The molecule has 1 aromatic carbocycles. The maximum atomic E-state index is 16.0. The summed E-state index contributed by atoms with van der Waals surface area (Å²) in [4.78, 5) is 40.5. The van der Waals surface area contributed by atoms with Crippen molar-refractivity contribution in [1.29, 1.82) is 0 Å². The number of nitrogens with one attached hydrogen (secondary N) is 1. The summed E-state index contributed by atoms with van der Waals surface area (Å²) in [5, 5.41) is 48.0. The third-order valence-corrected chi connectivity index (χ3v) is 8.46. The van der Waals surface area contributed by atoms with Gasteiger partial charge in [0, 0.05) is 34.7 Å². The number of carbonyl (C=O) groups is 3. The molecule has 1 fully saturated rings. The van der Waals surface area contributed by atoms with Crippen LogP contribution in [0.2, 0.25) is 0 Å². The lowest BCUT2D eigenvalue weighted by atomic mass is 9.57. The second kappa shape index (κ2) is 9.92. The Balaban J connectivity index is 1.81. The molecule has 0 aromatic heterocycles. The standard InChI is InChI=1S/C30H40FN3O7/c1-28(2,3)12-29(4,5)33-11-14-10-17(35)19-15(21(14)31)8-13-9-16-22(34(6)7)24(37)20(27(32)40)26(39)30(16,41)25(38)18(13)23(19)36/h10,13,16,22,33,35-36,39,41H,8-9,11-12H2,1-7H3,(H2,32,40)/t13-,16-,22-,30-/m0/s1. The zero-order chi connectivity index (χ0) is 31.0. The molecule has 41 heavy (non-hydrogen) atoms. The summed E-state index contributed by atoms with van der Waals surface area (Å²) in [7, 11) is 3.04. The Kier molecular flexibility index (Phi) is 7.42. The maximum absolute atomic E-state index is 16.0. The van der Waals surface area contributed by atoms with E-state index in [1.807, 2.05) is 13.8 Å². The Hall–Kier alpha value is -3.28. The van der Waals surface area contributed by atoms with Crippen molar-refractivity contribution in [3.8, 4) is 5.75 Å². The third kappa shape index (κ3) is 4.93. The Morgan fingerprint density at radius 3 is 2.32 bits per heavy atom. The number of amides is 1. The number of aliphatic hydroxyl groups is 3. The van der Waals surface area contributed by atoms with Gasteiger partial charge in [-0.05, 0) is 64.6 Å². The van der Waals surface area contributed by atoms with Crippen molar-refractivity contribution in [3.05, 3.63) is 45.5 Å². The van der Waals surface area contributed by atoms with E-state index in [1.165, 1.54) is 25.1 Å². The number of rotatable bonds is 6. The van der Waals surface area contributed by atoms with Crippen LogP contribution in [0.15, 0.2) is 23.0 Å². The monoisotopic (exact) mass is 573 g/mol. The quantitative estimate of drug-likeness (QED) is 0.279. The van der Waals surface area contributed by atoms with Gasteiger partial charge in [0.15, 0.2) is 11.4 Å². The van der Waals surface area contributed by atoms with E-state index in [-0.39, 0.29) is 52.6 Å². The van der Waals surface area contributed by atoms with Crippen molar-refractivity contribution < 1.29 is 39.2 Å². The number of benzene rings is 1. The minimum atomic E-state index is -2.73. The lowest BCUT2D eigenvalue weighted by molar-refractivity contribution is -0.153. The van der Waals surface area contributed by atoms with Crippen LogP contribution < -0.4 is 11.1 Å². The number of primary amides is 1. The third-order valence-electron chi connectivity index (χ3n) is 8.46. The van der Waals surface area contributed by atoms with Gasteiger partial charge in [-0.3, -0.25) is 19.3 Å². The predicted octanol–water partition coefficient (Wildman–Crippen LogP) is 2.41. The number of ketones is 2. The largest absolute Gasteiger partial charge is 0.508 e. The van der Waals surface area contributed by atoms with E-state index in [4.69, 9.17) is 5.73 Å². The number of nitrogens with zero attached hydrogens (tertiary/aromatic N) is 1. The molecule has 3 aliphatic carbocycles. The first-order valence-corrected chi connectivity index (χ1v) is 13.7. The summed E-state index contributed by atoms with van der Waals surface area (Å²) in [6.07, 6.45) is 0.588. The van der Waals surface area contributed by atoms with Gasteiger partial charge in [-0.2, -0.15) is 0 Å². The van der Waals surface area contributed by atoms with Crippen LogP contribution in [0.3, 0.4) is 0 Å². The molecular formula is C30H40FN3O7. The Labute approximate surface area is 238 Å². The summed E-state index contributed by atoms with van der Waals surface area (Å²) in [5.41, 5.74) is 0.999. The highest BCUT2D eigenvalue weighted by Crippen LogP contribution is 2.53. The molecule has 4 rings (SSSR count). The van der Waals surface area contributed by atoms with Crippen LogP contribution >= 0.6 is 0 Å². The molecule has 3 aliphatic rings. The van der Waals surface area contributed by atoms with Crippen LogP contribution in [-0.4, -0.2) is 74.1 Å². The first-order valence-electron chi connectivity index (χ1n) is 13.7. The molecule has 4 atom stereocenters. The number of aromatic hydroxyl groups is 1. The van der Waals surface area contributed by atoms with E-state index in [1.54, 1.807) is 0 Å². The van der Waals surface area contributed by atoms with Crippen LogP contribution in [0, 0.1) is 23.1 Å². The lowest BCUT2D eigenvalue weighted by Gasteiger charge is -2.50. The smallest absolute Gasteiger partial charge is 0.255 e. The summed E-state index contributed by atoms with van der Waals surface area (Å²) in [5.74, 6) is -8.31. The van der Waals surface area contributed by atoms with Gasteiger partial charge in [0.05, 0.1) is 11.6 Å². The fraction of sp³-hybridized carbons (Fsp3) is 0.567. The van der Waals surface area contributed by atoms with Gasteiger partial charge >= 0.3 is 0 Å². The first-order chi connectivity index (χ1) is 18.7. The Morgan fingerprint density at radius 1 is 1.17 bits per heavy atom. The Morgan fingerprint density at radius 2 is 1.78 bits per heavy atom. The minimum absolute atomic E-state index is 0.0149. The number of phenols is 1. The van der Waals surface area contributed by atoms with Gasteiger partial charge < -0.3 is 31.5 Å². The highest BCUT2D eigenvalue weighted by molar-refractivity contribution is 6.24. The number of carbonyl (C=O) groups excluding carboxylic acids is 3. The van der Waals surface area contributed by atoms with Crippen LogP contribution in [0.25, 0.3) is 5.76 Å². The normalized spacial score (nSPS) is 26.7. The number of aliphatic hydroxyl groups excluding tert-OH is 2. The van der Waals surface area contributed by atoms with Crippen LogP contribution in [0.4, 0.5) is 4.39 Å². The Bertz CT molecular complexity index is 1410. The van der Waals surface area contributed by atoms with E-state index in [0.717, 1.165) is 6.42 Å². The van der Waals surface area contributed by atoms with Gasteiger partial charge in [0.1, 0.15) is 28.7 Å². The number of Topliss-reactive ketones (excluding diaryl/α,β-unsaturated/α-hetero) is 2. The van der Waals surface area contributed by atoms with Gasteiger partial charge in [-0.25, -0.2) is 4.39 Å². The molecular weight excluding hydrogens is 533 g/mol. The lowest BCUT2D eigenvalue weighted by Crippen LogP contribution is -2.65. The molecule has 0 bridgehead atoms. The second-order valence-electron chi connectivity index (χ2n) is 13.7. The average Bonchev–Trinajstić information content (AvgIpc) is 2.80. The maximum Gasteiger partial charge on any atom is 0.255 e. The van der Waals surface area contributed by atoms with Crippen molar-refractivity contribution in [1.82, 2.24) is 10.2 Å². The molecule has 224 valence electrons. The number of likely N-dealkylation sites (N-methyl/N-ethyl adjacent to an activating group) is 1. The fourth-order valence-electron chi connectivity index (χ4n) is 7.20. The SMILES string of the molecule is CN(C)[C@@H]1C(=O)C(C(N)=O)=C(O)[C@@]2(O)C(=O)C3=C(O)c4c(O)cc(CNC(C)(C)CC(C)(C)C)c(F)c4C[C@H]3C[C@@H]12. The summed E-state index contributed by atoms with van der Waals surface area (Å²) >= 11 is 0. The van der Waals surface area contributed by atoms with Crippen LogP contribution in [-0.2, 0) is 27.3 Å².